The summed E-state index contributed by atoms with van der Waals surface area (Å²) in [7, 11) is 2.89. The molecule has 17 heavy (non-hydrogen) atoms. The second-order valence-corrected chi connectivity index (χ2v) is 3.41. The molecule has 0 N–H and O–H groups in total. The first-order valence-electron chi connectivity index (χ1n) is 4.87. The van der Waals surface area contributed by atoms with E-state index in [-0.39, 0.29) is 11.3 Å². The van der Waals surface area contributed by atoms with Crippen molar-refractivity contribution < 1.29 is 23.8 Å². The zero-order valence-corrected chi connectivity index (χ0v) is 10.1. The molecule has 5 heteroatoms. The molecule has 0 saturated carbocycles. The number of hydrogen-bond acceptors (Lipinski definition) is 5. The number of esters is 1. The molecule has 0 bridgehead atoms. The van der Waals surface area contributed by atoms with Crippen molar-refractivity contribution in [3.05, 3.63) is 22.8 Å². The molecule has 0 aliphatic heterocycles. The van der Waals surface area contributed by atoms with Gasteiger partial charge in [-0.3, -0.25) is 0 Å². The average molecular weight is 237 g/mol. The topological polar surface area (TPSA) is 61.8 Å². The van der Waals surface area contributed by atoms with Gasteiger partial charge >= 0.3 is 12.4 Å². The molecule has 1 aromatic carbocycles. The number of ether oxygens (including phenoxy) is 3. The van der Waals surface area contributed by atoms with Crippen molar-refractivity contribution in [2.24, 2.45) is 0 Å². The van der Waals surface area contributed by atoms with Crippen molar-refractivity contribution in [1.82, 2.24) is 0 Å². The van der Waals surface area contributed by atoms with Crippen molar-refractivity contribution in [2.45, 2.75) is 13.8 Å². The zero-order chi connectivity index (χ0) is 13.0. The Kier molecular flexibility index (Phi) is 4.09. The predicted octanol–water partition coefficient (Wildman–Crippen LogP) is 1.54. The molecule has 0 atom stereocenters. The van der Waals surface area contributed by atoms with Crippen LogP contribution in [0.25, 0.3) is 0 Å². The van der Waals surface area contributed by atoms with Gasteiger partial charge in [0.05, 0.1) is 14.2 Å². The molecule has 1 aromatic rings. The van der Waals surface area contributed by atoms with Crippen LogP contribution in [0, 0.1) is 13.8 Å². The number of benzene rings is 1. The summed E-state index contributed by atoms with van der Waals surface area (Å²) >= 11 is 0. The van der Waals surface area contributed by atoms with Crippen LogP contribution in [0.2, 0.25) is 0 Å². The number of rotatable bonds is 4. The van der Waals surface area contributed by atoms with Gasteiger partial charge in [-0.2, -0.15) is 0 Å². The summed E-state index contributed by atoms with van der Waals surface area (Å²) in [6.07, 6.45) is 0. The molecule has 91 valence electrons. The first kappa shape index (κ1) is 13.0. The highest BCUT2D eigenvalue weighted by Gasteiger charge is 2.21. The first-order chi connectivity index (χ1) is 8.06. The molecule has 0 fully saturated rings. The molecule has 0 aliphatic carbocycles. The summed E-state index contributed by atoms with van der Waals surface area (Å²) < 4.78 is 14.5. The van der Waals surface area contributed by atoms with Crippen molar-refractivity contribution in [1.29, 1.82) is 0 Å². The summed E-state index contributed by atoms with van der Waals surface area (Å²) in [5, 5.41) is 0. The van der Waals surface area contributed by atoms with E-state index in [2.05, 4.69) is 4.74 Å². The quantitative estimate of drug-likeness (QED) is 0.587. The van der Waals surface area contributed by atoms with Gasteiger partial charge in [0.25, 0.3) is 0 Å². The standard InChI is InChI=1S/C12H13O5/c1-7-5-9(12(14)17-6-13)11(16-4)10(15-3)8(7)2/h5H,1-4H3. The summed E-state index contributed by atoms with van der Waals surface area (Å²) in [6, 6.07) is 1.58. The van der Waals surface area contributed by atoms with Crippen LogP contribution in [0.5, 0.6) is 11.5 Å². The zero-order valence-electron chi connectivity index (χ0n) is 10.1. The fourth-order valence-corrected chi connectivity index (χ4v) is 1.55. The summed E-state index contributed by atoms with van der Waals surface area (Å²) in [4.78, 5) is 21.6. The van der Waals surface area contributed by atoms with Crippen LogP contribution in [0.3, 0.4) is 0 Å². The minimum atomic E-state index is -0.821. The van der Waals surface area contributed by atoms with Crippen molar-refractivity contribution >= 4 is 12.4 Å². The maximum absolute atomic E-state index is 11.5. The summed E-state index contributed by atoms with van der Waals surface area (Å²) in [6.45, 7) is 4.76. The Morgan fingerprint density at radius 1 is 1.18 bits per heavy atom. The lowest BCUT2D eigenvalue weighted by molar-refractivity contribution is 0.0706. The molecule has 5 nitrogen and oxygen atoms in total. The van der Waals surface area contributed by atoms with Gasteiger partial charge in [0.15, 0.2) is 11.5 Å². The number of hydrogen-bond donors (Lipinski definition) is 0. The molecule has 0 aliphatic rings. The molecule has 0 spiro atoms. The third-order valence-corrected chi connectivity index (χ3v) is 2.51. The van der Waals surface area contributed by atoms with Crippen LogP contribution in [0.4, 0.5) is 0 Å². The van der Waals surface area contributed by atoms with Crippen LogP contribution in [0.1, 0.15) is 21.5 Å². The summed E-state index contributed by atoms with van der Waals surface area (Å²) in [5.41, 5.74) is 1.83. The fourth-order valence-electron chi connectivity index (χ4n) is 1.55. The van der Waals surface area contributed by atoms with E-state index < -0.39 is 5.97 Å². The highest BCUT2D eigenvalue weighted by Crippen LogP contribution is 2.36. The van der Waals surface area contributed by atoms with Crippen LogP contribution >= 0.6 is 0 Å². The van der Waals surface area contributed by atoms with Gasteiger partial charge in [0.1, 0.15) is 5.56 Å². The maximum Gasteiger partial charge on any atom is 0.425 e. The average Bonchev–Trinajstić information content (AvgIpc) is 2.32. The van der Waals surface area contributed by atoms with Gasteiger partial charge in [-0.05, 0) is 31.0 Å². The van der Waals surface area contributed by atoms with E-state index in [1.807, 2.05) is 13.8 Å². The molecule has 0 amide bonds. The number of methoxy groups -OCH3 is 2. The highest BCUT2D eigenvalue weighted by atomic mass is 16.6. The monoisotopic (exact) mass is 237 g/mol. The smallest absolute Gasteiger partial charge is 0.425 e. The van der Waals surface area contributed by atoms with Gasteiger partial charge < -0.3 is 14.2 Å². The second kappa shape index (κ2) is 5.34. The molecule has 0 aromatic heterocycles. The van der Waals surface area contributed by atoms with Crippen molar-refractivity contribution in [3.63, 3.8) is 0 Å². The van der Waals surface area contributed by atoms with E-state index >= 15 is 0 Å². The van der Waals surface area contributed by atoms with Gasteiger partial charge in [-0.25, -0.2) is 9.59 Å². The van der Waals surface area contributed by atoms with Gasteiger partial charge in [-0.1, -0.05) is 0 Å². The number of aryl methyl sites for hydroxylation is 1. The van der Waals surface area contributed by atoms with Gasteiger partial charge in [0.2, 0.25) is 0 Å². The predicted molar refractivity (Wildman–Crippen MR) is 60.1 cm³/mol. The molecule has 0 unspecified atom stereocenters. The Morgan fingerprint density at radius 3 is 2.24 bits per heavy atom. The van der Waals surface area contributed by atoms with Gasteiger partial charge in [-0.15, -0.1) is 0 Å². The van der Waals surface area contributed by atoms with Crippen molar-refractivity contribution in [2.75, 3.05) is 14.2 Å². The SMILES string of the molecule is COc1c(C(=O)O[C]=O)cc(C)c(C)c1OC. The molecule has 1 radical (unpaired) electrons. The minimum Gasteiger partial charge on any atom is -0.493 e. The molecular weight excluding hydrogens is 224 g/mol. The van der Waals surface area contributed by atoms with E-state index in [1.54, 1.807) is 6.07 Å². The van der Waals surface area contributed by atoms with E-state index in [1.165, 1.54) is 14.2 Å². The van der Waals surface area contributed by atoms with E-state index in [4.69, 9.17) is 9.47 Å². The van der Waals surface area contributed by atoms with Gasteiger partial charge in [0, 0.05) is 0 Å². The number of carbonyl (C=O) groups is 1. The molecule has 1 rings (SSSR count). The Hall–Kier alpha value is -2.04. The lowest BCUT2D eigenvalue weighted by Crippen LogP contribution is -2.08. The fraction of sp³-hybridized carbons (Fsp3) is 0.333. The third kappa shape index (κ3) is 2.38. The molecule has 0 heterocycles. The normalized spacial score (nSPS) is 9.65. The van der Waals surface area contributed by atoms with Crippen LogP contribution in [0.15, 0.2) is 6.07 Å². The number of carbonyl (C=O) groups excluding carboxylic acids is 2. The summed E-state index contributed by atoms with van der Waals surface area (Å²) in [5.74, 6) is -0.126. The molecular formula is C12H13O5. The Labute approximate surface area is 99.3 Å². The van der Waals surface area contributed by atoms with Crippen molar-refractivity contribution in [3.8, 4) is 11.5 Å². The van der Waals surface area contributed by atoms with Crippen LogP contribution in [-0.2, 0) is 9.53 Å². The second-order valence-electron chi connectivity index (χ2n) is 3.41. The highest BCUT2D eigenvalue weighted by molar-refractivity contribution is 5.97. The van der Waals surface area contributed by atoms with E-state index in [0.717, 1.165) is 17.6 Å². The van der Waals surface area contributed by atoms with E-state index in [9.17, 15) is 9.59 Å². The first-order valence-corrected chi connectivity index (χ1v) is 4.87. The maximum atomic E-state index is 11.5. The third-order valence-electron chi connectivity index (χ3n) is 2.51. The lowest BCUT2D eigenvalue weighted by Gasteiger charge is -2.15. The lowest BCUT2D eigenvalue weighted by atomic mass is 10.0. The Morgan fingerprint density at radius 2 is 1.76 bits per heavy atom. The van der Waals surface area contributed by atoms with E-state index in [0.29, 0.717) is 5.75 Å². The molecule has 0 saturated heterocycles. The minimum absolute atomic E-state index is 0.135. The van der Waals surface area contributed by atoms with Crippen LogP contribution < -0.4 is 9.47 Å². The Balaban J connectivity index is 3.44. The largest absolute Gasteiger partial charge is 0.493 e. The Bertz CT molecular complexity index is 451. The van der Waals surface area contributed by atoms with Crippen LogP contribution in [-0.4, -0.2) is 26.7 Å².